The van der Waals surface area contributed by atoms with Gasteiger partial charge < -0.3 is 9.91 Å². The van der Waals surface area contributed by atoms with Crippen LogP contribution in [0.4, 0.5) is 0 Å². The van der Waals surface area contributed by atoms with Gasteiger partial charge in [0.25, 0.3) is 5.91 Å². The smallest absolute Gasteiger partial charge is 0.271 e. The van der Waals surface area contributed by atoms with Gasteiger partial charge in [-0.2, -0.15) is 5.26 Å². The van der Waals surface area contributed by atoms with Crippen LogP contribution < -0.4 is 5.84 Å². The second-order valence-electron chi connectivity index (χ2n) is 9.55. The van der Waals surface area contributed by atoms with Crippen LogP contribution in [0, 0.1) is 11.3 Å². The summed E-state index contributed by atoms with van der Waals surface area (Å²) >= 11 is 0. The molecule has 0 aromatic heterocycles. The molecular formula is C28H35N5O. The highest BCUT2D eigenvalue weighted by atomic mass is 16.2. The molecule has 1 amide bonds. The predicted molar refractivity (Wildman–Crippen MR) is 134 cm³/mol. The van der Waals surface area contributed by atoms with Crippen molar-refractivity contribution in [2.45, 2.75) is 57.7 Å². The summed E-state index contributed by atoms with van der Waals surface area (Å²) in [5.74, 6) is 7.06. The molecule has 0 aliphatic carbocycles. The maximum atomic E-state index is 13.5. The number of nitrogens with zero attached hydrogens (tertiary/aromatic N) is 4. The molecule has 0 spiro atoms. The topological polar surface area (TPSA) is 76.6 Å². The van der Waals surface area contributed by atoms with Crippen LogP contribution in [0.3, 0.4) is 0 Å². The summed E-state index contributed by atoms with van der Waals surface area (Å²) in [5.41, 5.74) is 3.62. The number of nitriles is 1. The number of likely N-dealkylation sites (tertiary alicyclic amines) is 1. The molecule has 4 rings (SSSR count). The van der Waals surface area contributed by atoms with E-state index in [1.807, 2.05) is 23.1 Å². The standard InChI is InChI=1S/C28H35N5O/c1-3-4-10-26-20-32(17-23-13-11-22(16-29)12-14-23)28(34)27(33(26)30)15-21(2)31-18-25(19-31)24-8-6-5-7-9-24/h5-9,11-15,21,25-26H,3-4,10,17-20,30H2,1-2H3/b27-15-. The van der Waals surface area contributed by atoms with Crippen LogP contribution in [0.25, 0.3) is 0 Å². The van der Waals surface area contributed by atoms with Gasteiger partial charge >= 0.3 is 0 Å². The summed E-state index contributed by atoms with van der Waals surface area (Å²) in [6.07, 6.45) is 5.17. The monoisotopic (exact) mass is 457 g/mol. The number of hydrazine groups is 1. The molecule has 2 heterocycles. The van der Waals surface area contributed by atoms with E-state index in [-0.39, 0.29) is 18.0 Å². The molecule has 2 aromatic rings. The van der Waals surface area contributed by atoms with Gasteiger partial charge in [-0.3, -0.25) is 9.69 Å². The van der Waals surface area contributed by atoms with Crippen molar-refractivity contribution in [2.24, 2.45) is 5.84 Å². The van der Waals surface area contributed by atoms with Gasteiger partial charge in [0.05, 0.1) is 17.7 Å². The lowest BCUT2D eigenvalue weighted by molar-refractivity contribution is -0.134. The van der Waals surface area contributed by atoms with E-state index in [0.717, 1.165) is 37.9 Å². The Morgan fingerprint density at radius 1 is 1.12 bits per heavy atom. The number of hydrogen-bond acceptors (Lipinski definition) is 5. The molecule has 6 nitrogen and oxygen atoms in total. The summed E-state index contributed by atoms with van der Waals surface area (Å²) in [4.78, 5) is 17.8. The van der Waals surface area contributed by atoms with E-state index in [4.69, 9.17) is 11.1 Å². The Hall–Kier alpha value is -3.14. The van der Waals surface area contributed by atoms with Crippen molar-refractivity contribution in [2.75, 3.05) is 19.6 Å². The van der Waals surface area contributed by atoms with Gasteiger partial charge in [-0.05, 0) is 42.7 Å². The van der Waals surface area contributed by atoms with Gasteiger partial charge in [-0.25, -0.2) is 5.84 Å². The Morgan fingerprint density at radius 3 is 2.47 bits per heavy atom. The number of nitrogens with two attached hydrogens (primary N) is 1. The highest BCUT2D eigenvalue weighted by molar-refractivity contribution is 5.93. The summed E-state index contributed by atoms with van der Waals surface area (Å²) < 4.78 is 0. The zero-order chi connectivity index (χ0) is 24.1. The number of hydrogen-bond donors (Lipinski definition) is 1. The minimum atomic E-state index is -0.0217. The Labute approximate surface area is 203 Å². The van der Waals surface area contributed by atoms with Crippen LogP contribution in [-0.4, -0.2) is 52.4 Å². The molecule has 0 saturated carbocycles. The third kappa shape index (κ3) is 5.32. The van der Waals surface area contributed by atoms with Gasteiger partial charge in [0.2, 0.25) is 0 Å². The average molecular weight is 458 g/mol. The van der Waals surface area contributed by atoms with Gasteiger partial charge in [-0.1, -0.05) is 62.2 Å². The minimum absolute atomic E-state index is 0.0217. The molecule has 34 heavy (non-hydrogen) atoms. The molecule has 6 heteroatoms. The second kappa shape index (κ2) is 10.9. The fourth-order valence-corrected chi connectivity index (χ4v) is 4.88. The second-order valence-corrected chi connectivity index (χ2v) is 9.55. The molecule has 0 bridgehead atoms. The lowest BCUT2D eigenvalue weighted by Gasteiger charge is -2.45. The molecule has 2 unspecified atom stereocenters. The van der Waals surface area contributed by atoms with E-state index >= 15 is 0 Å². The zero-order valence-corrected chi connectivity index (χ0v) is 20.2. The van der Waals surface area contributed by atoms with Crippen molar-refractivity contribution >= 4 is 5.91 Å². The van der Waals surface area contributed by atoms with Crippen LogP contribution in [0.5, 0.6) is 0 Å². The number of carbonyl (C=O) groups excluding carboxylic acids is 1. The first-order valence-corrected chi connectivity index (χ1v) is 12.3. The first-order chi connectivity index (χ1) is 16.5. The Morgan fingerprint density at radius 2 is 1.82 bits per heavy atom. The predicted octanol–water partition coefficient (Wildman–Crippen LogP) is 4.01. The third-order valence-electron chi connectivity index (χ3n) is 7.11. The number of piperazine rings is 1. The van der Waals surface area contributed by atoms with E-state index in [1.54, 1.807) is 17.1 Å². The molecule has 2 aromatic carbocycles. The number of benzene rings is 2. The number of rotatable bonds is 8. The van der Waals surface area contributed by atoms with Crippen molar-refractivity contribution in [3.8, 4) is 6.07 Å². The fourth-order valence-electron chi connectivity index (χ4n) is 4.88. The summed E-state index contributed by atoms with van der Waals surface area (Å²) in [7, 11) is 0. The van der Waals surface area contributed by atoms with E-state index in [0.29, 0.717) is 30.3 Å². The molecule has 178 valence electrons. The molecule has 2 atom stereocenters. The first-order valence-electron chi connectivity index (χ1n) is 12.3. The van der Waals surface area contributed by atoms with E-state index in [1.165, 1.54) is 5.56 Å². The SMILES string of the molecule is CCCCC1CN(Cc2ccc(C#N)cc2)C(=O)/C(=C/C(C)N2CC(c3ccccc3)C2)N1N. The van der Waals surface area contributed by atoms with Crippen molar-refractivity contribution in [1.29, 1.82) is 5.26 Å². The average Bonchev–Trinajstić information content (AvgIpc) is 2.83. The number of amides is 1. The molecule has 2 aliphatic rings. The van der Waals surface area contributed by atoms with Crippen LogP contribution in [-0.2, 0) is 11.3 Å². The normalized spacial score (nSPS) is 21.4. The van der Waals surface area contributed by atoms with Gasteiger partial charge in [0, 0.05) is 38.1 Å². The van der Waals surface area contributed by atoms with Crippen molar-refractivity contribution in [3.05, 3.63) is 83.1 Å². The van der Waals surface area contributed by atoms with Crippen LogP contribution >= 0.6 is 0 Å². The Kier molecular flexibility index (Phi) is 7.66. The third-order valence-corrected chi connectivity index (χ3v) is 7.11. The molecule has 0 radical (unpaired) electrons. The maximum absolute atomic E-state index is 13.5. The number of carbonyl (C=O) groups is 1. The highest BCUT2D eigenvalue weighted by Crippen LogP contribution is 2.30. The van der Waals surface area contributed by atoms with Crippen LogP contribution in [0.2, 0.25) is 0 Å². The van der Waals surface area contributed by atoms with E-state index in [9.17, 15) is 4.79 Å². The molecule has 2 saturated heterocycles. The summed E-state index contributed by atoms with van der Waals surface area (Å²) in [6.45, 7) is 7.43. The minimum Gasteiger partial charge on any atom is -0.331 e. The lowest BCUT2D eigenvalue weighted by Crippen LogP contribution is -2.57. The summed E-state index contributed by atoms with van der Waals surface area (Å²) in [5, 5.41) is 10.8. The fraction of sp³-hybridized carbons (Fsp3) is 0.429. The van der Waals surface area contributed by atoms with Crippen molar-refractivity contribution in [1.82, 2.24) is 14.8 Å². The van der Waals surface area contributed by atoms with Crippen LogP contribution in [0.15, 0.2) is 66.4 Å². The zero-order valence-electron chi connectivity index (χ0n) is 20.2. The molecule has 2 aliphatic heterocycles. The maximum Gasteiger partial charge on any atom is 0.271 e. The van der Waals surface area contributed by atoms with Gasteiger partial charge in [-0.15, -0.1) is 0 Å². The quantitative estimate of drug-likeness (QED) is 0.479. The Bertz CT molecular complexity index is 1040. The molecule has 2 N–H and O–H groups in total. The largest absolute Gasteiger partial charge is 0.331 e. The van der Waals surface area contributed by atoms with Crippen LogP contribution in [0.1, 0.15) is 55.7 Å². The van der Waals surface area contributed by atoms with Gasteiger partial charge in [0.1, 0.15) is 5.70 Å². The van der Waals surface area contributed by atoms with E-state index < -0.39 is 0 Å². The van der Waals surface area contributed by atoms with Gasteiger partial charge in [0.15, 0.2) is 0 Å². The van der Waals surface area contributed by atoms with Crippen molar-refractivity contribution in [3.63, 3.8) is 0 Å². The van der Waals surface area contributed by atoms with Crippen molar-refractivity contribution < 1.29 is 4.79 Å². The summed E-state index contributed by atoms with van der Waals surface area (Å²) in [6, 6.07) is 20.5. The first kappa shape index (κ1) is 24.0. The lowest BCUT2D eigenvalue weighted by atomic mass is 9.90. The molecule has 2 fully saturated rings. The van der Waals surface area contributed by atoms with E-state index in [2.05, 4.69) is 55.1 Å². The Balaban J connectivity index is 1.48. The highest BCUT2D eigenvalue weighted by Gasteiger charge is 2.36. The molecular weight excluding hydrogens is 422 g/mol. The number of unbranched alkanes of at least 4 members (excludes halogenated alkanes) is 1.